The van der Waals surface area contributed by atoms with E-state index < -0.39 is 6.03 Å². The summed E-state index contributed by atoms with van der Waals surface area (Å²) < 4.78 is 0. The quantitative estimate of drug-likeness (QED) is 0.774. The number of urea groups is 1. The molecule has 1 saturated carbocycles. The van der Waals surface area contributed by atoms with E-state index in [1.807, 2.05) is 27.7 Å². The van der Waals surface area contributed by atoms with E-state index >= 15 is 0 Å². The van der Waals surface area contributed by atoms with Crippen LogP contribution < -0.4 is 10.6 Å². The minimum absolute atomic E-state index is 0.236. The van der Waals surface area contributed by atoms with Crippen molar-refractivity contribution in [3.8, 4) is 0 Å². The molecule has 1 rings (SSSR count). The van der Waals surface area contributed by atoms with Crippen LogP contribution in [0.2, 0.25) is 0 Å². The van der Waals surface area contributed by atoms with Crippen LogP contribution in [-0.4, -0.2) is 41.5 Å². The third-order valence-electron chi connectivity index (χ3n) is 2.56. The number of amides is 3. The van der Waals surface area contributed by atoms with Crippen molar-refractivity contribution in [2.24, 2.45) is 0 Å². The third-order valence-corrected chi connectivity index (χ3v) is 2.56. The van der Waals surface area contributed by atoms with Gasteiger partial charge in [0, 0.05) is 11.6 Å². The van der Waals surface area contributed by atoms with Crippen LogP contribution in [0.3, 0.4) is 0 Å². The summed E-state index contributed by atoms with van der Waals surface area (Å²) in [6, 6.07) is 0.116. The highest BCUT2D eigenvalue weighted by Gasteiger charge is 2.29. The molecule has 1 aliphatic carbocycles. The molecule has 0 saturated heterocycles. The van der Waals surface area contributed by atoms with Gasteiger partial charge in [0.2, 0.25) is 5.91 Å². The predicted octanol–water partition coefficient (Wildman–Crippen LogP) is 1.09. The molecule has 5 heteroatoms. The lowest BCUT2D eigenvalue weighted by atomic mass is 10.1. The van der Waals surface area contributed by atoms with Gasteiger partial charge in [-0.2, -0.15) is 0 Å². The van der Waals surface area contributed by atoms with E-state index in [0.717, 1.165) is 19.4 Å². The van der Waals surface area contributed by atoms with Crippen LogP contribution in [0.4, 0.5) is 4.79 Å². The summed E-state index contributed by atoms with van der Waals surface area (Å²) in [5.74, 6) is -0.236. The van der Waals surface area contributed by atoms with Gasteiger partial charge in [0.1, 0.15) is 0 Å². The number of hydrogen-bond donors (Lipinski definition) is 2. The molecule has 0 spiro atoms. The lowest BCUT2D eigenvalue weighted by Crippen LogP contribution is -2.50. The zero-order chi connectivity index (χ0) is 13.1. The van der Waals surface area contributed by atoms with E-state index in [2.05, 4.69) is 15.5 Å². The van der Waals surface area contributed by atoms with Gasteiger partial charge in [-0.05, 0) is 40.2 Å². The molecule has 0 aromatic heterocycles. The molecular formula is C12H23N3O2. The molecule has 0 aliphatic heterocycles. The summed E-state index contributed by atoms with van der Waals surface area (Å²) in [6.45, 7) is 8.80. The van der Waals surface area contributed by atoms with E-state index in [0.29, 0.717) is 12.6 Å². The molecule has 0 unspecified atom stereocenters. The third kappa shape index (κ3) is 5.68. The fourth-order valence-electron chi connectivity index (χ4n) is 1.66. The molecule has 0 atom stereocenters. The highest BCUT2D eigenvalue weighted by molar-refractivity contribution is 5.95. The number of imide groups is 1. The van der Waals surface area contributed by atoms with Gasteiger partial charge >= 0.3 is 6.03 Å². The monoisotopic (exact) mass is 241 g/mol. The van der Waals surface area contributed by atoms with Crippen molar-refractivity contribution in [3.05, 3.63) is 0 Å². The molecule has 2 N–H and O–H groups in total. The van der Waals surface area contributed by atoms with E-state index in [1.54, 1.807) is 0 Å². The summed E-state index contributed by atoms with van der Waals surface area (Å²) >= 11 is 0. The summed E-state index contributed by atoms with van der Waals surface area (Å²) in [6.07, 6.45) is 2.32. The van der Waals surface area contributed by atoms with E-state index in [-0.39, 0.29) is 11.4 Å². The molecule has 1 aliphatic rings. The van der Waals surface area contributed by atoms with Crippen LogP contribution in [0.15, 0.2) is 0 Å². The highest BCUT2D eigenvalue weighted by atomic mass is 16.2. The second kappa shape index (κ2) is 5.49. The Bertz CT molecular complexity index is 293. The van der Waals surface area contributed by atoms with Crippen molar-refractivity contribution in [2.45, 2.75) is 52.1 Å². The molecule has 5 nitrogen and oxygen atoms in total. The Labute approximate surface area is 103 Å². The molecular weight excluding hydrogens is 218 g/mol. The lowest BCUT2D eigenvalue weighted by Gasteiger charge is -2.22. The first-order chi connectivity index (χ1) is 7.81. The summed E-state index contributed by atoms with van der Waals surface area (Å²) in [4.78, 5) is 25.2. The maximum absolute atomic E-state index is 11.6. The Morgan fingerprint density at radius 2 is 1.88 bits per heavy atom. The average molecular weight is 241 g/mol. The van der Waals surface area contributed by atoms with E-state index in [9.17, 15) is 9.59 Å². The lowest BCUT2D eigenvalue weighted by molar-refractivity contribution is -0.121. The van der Waals surface area contributed by atoms with Gasteiger partial charge in [-0.15, -0.1) is 0 Å². The van der Waals surface area contributed by atoms with Crippen molar-refractivity contribution in [1.29, 1.82) is 0 Å². The van der Waals surface area contributed by atoms with E-state index in [1.165, 1.54) is 0 Å². The number of nitrogens with zero attached hydrogens (tertiary/aromatic N) is 1. The maximum atomic E-state index is 11.6. The molecule has 17 heavy (non-hydrogen) atoms. The summed E-state index contributed by atoms with van der Waals surface area (Å²) in [5.41, 5.74) is -0.328. The van der Waals surface area contributed by atoms with Gasteiger partial charge in [-0.1, -0.05) is 6.92 Å². The van der Waals surface area contributed by atoms with Crippen LogP contribution in [-0.2, 0) is 4.79 Å². The second-order valence-corrected chi connectivity index (χ2v) is 5.55. The fourth-order valence-corrected chi connectivity index (χ4v) is 1.66. The molecule has 98 valence electrons. The zero-order valence-electron chi connectivity index (χ0n) is 11.2. The van der Waals surface area contributed by atoms with Gasteiger partial charge in [-0.3, -0.25) is 15.0 Å². The maximum Gasteiger partial charge on any atom is 0.321 e. The molecule has 0 aromatic rings. The molecule has 0 aromatic carbocycles. The minimum atomic E-state index is -0.422. The van der Waals surface area contributed by atoms with Crippen LogP contribution in [0, 0.1) is 0 Å². The van der Waals surface area contributed by atoms with Gasteiger partial charge < -0.3 is 5.32 Å². The predicted molar refractivity (Wildman–Crippen MR) is 66.7 cm³/mol. The van der Waals surface area contributed by atoms with Gasteiger partial charge in [0.05, 0.1) is 6.54 Å². The van der Waals surface area contributed by atoms with Crippen molar-refractivity contribution in [3.63, 3.8) is 0 Å². The number of rotatable bonds is 4. The van der Waals surface area contributed by atoms with Crippen molar-refractivity contribution in [2.75, 3.05) is 13.1 Å². The first-order valence-electron chi connectivity index (χ1n) is 6.18. The second-order valence-electron chi connectivity index (χ2n) is 5.55. The Kier molecular flexibility index (Phi) is 4.51. The fraction of sp³-hybridized carbons (Fsp3) is 0.833. The highest BCUT2D eigenvalue weighted by Crippen LogP contribution is 2.25. The van der Waals surface area contributed by atoms with Crippen molar-refractivity contribution >= 4 is 11.9 Å². The normalized spacial score (nSPS) is 15.8. The van der Waals surface area contributed by atoms with Crippen LogP contribution in [0.1, 0.15) is 40.5 Å². The number of likely N-dealkylation sites (N-methyl/N-ethyl adjacent to an activating group) is 1. The molecule has 1 fully saturated rings. The van der Waals surface area contributed by atoms with E-state index in [4.69, 9.17) is 0 Å². The Hall–Kier alpha value is -1.10. The van der Waals surface area contributed by atoms with Gasteiger partial charge in [0.15, 0.2) is 0 Å². The molecule has 3 amide bonds. The Morgan fingerprint density at radius 3 is 2.29 bits per heavy atom. The Balaban J connectivity index is 2.30. The smallest absolute Gasteiger partial charge is 0.321 e. The van der Waals surface area contributed by atoms with Crippen LogP contribution >= 0.6 is 0 Å². The molecule has 0 bridgehead atoms. The standard InChI is InChI=1S/C12H23N3O2/c1-5-15(9-6-7-9)8-10(16)13-11(17)14-12(2,3)4/h9H,5-8H2,1-4H3,(H2,13,14,16,17). The first-order valence-corrected chi connectivity index (χ1v) is 6.18. The summed E-state index contributed by atoms with van der Waals surface area (Å²) in [5, 5.41) is 5.05. The van der Waals surface area contributed by atoms with Crippen LogP contribution in [0.25, 0.3) is 0 Å². The van der Waals surface area contributed by atoms with Gasteiger partial charge in [-0.25, -0.2) is 4.79 Å². The van der Waals surface area contributed by atoms with Crippen molar-refractivity contribution < 1.29 is 9.59 Å². The first kappa shape index (κ1) is 14.0. The number of hydrogen-bond acceptors (Lipinski definition) is 3. The SMILES string of the molecule is CCN(CC(=O)NC(=O)NC(C)(C)C)C1CC1. The van der Waals surface area contributed by atoms with Crippen LogP contribution in [0.5, 0.6) is 0 Å². The number of nitrogens with one attached hydrogen (secondary N) is 2. The largest absolute Gasteiger partial charge is 0.333 e. The number of carbonyl (C=O) groups excluding carboxylic acids is 2. The average Bonchev–Trinajstić information content (AvgIpc) is 2.93. The van der Waals surface area contributed by atoms with Crippen molar-refractivity contribution in [1.82, 2.24) is 15.5 Å². The zero-order valence-corrected chi connectivity index (χ0v) is 11.2. The Morgan fingerprint density at radius 1 is 1.29 bits per heavy atom. The minimum Gasteiger partial charge on any atom is -0.333 e. The summed E-state index contributed by atoms with van der Waals surface area (Å²) in [7, 11) is 0. The van der Waals surface area contributed by atoms with Gasteiger partial charge in [0.25, 0.3) is 0 Å². The molecule has 0 heterocycles. The topological polar surface area (TPSA) is 61.4 Å². The number of carbonyl (C=O) groups is 2. The molecule has 0 radical (unpaired) electrons.